The molecule has 0 radical (unpaired) electrons. The van der Waals surface area contributed by atoms with Crippen LogP contribution in [0.4, 0.5) is 0 Å². The van der Waals surface area contributed by atoms with Gasteiger partial charge in [0.15, 0.2) is 0 Å². The molecule has 0 bridgehead atoms. The second-order valence-corrected chi connectivity index (χ2v) is 5.86. The van der Waals surface area contributed by atoms with Crippen LogP contribution in [0.5, 0.6) is 0 Å². The normalized spacial score (nSPS) is 10.6. The molecule has 0 aliphatic rings. The second kappa shape index (κ2) is 6.70. The molecule has 1 heterocycles. The highest BCUT2D eigenvalue weighted by atomic mass is 32.2. The molecule has 6 heteroatoms. The number of ether oxygens (including phenoxy) is 1. The summed E-state index contributed by atoms with van der Waals surface area (Å²) >= 11 is 2.85. The fourth-order valence-electron chi connectivity index (χ4n) is 1.53. The molecule has 0 fully saturated rings. The molecule has 1 aromatic heterocycles. The summed E-state index contributed by atoms with van der Waals surface area (Å²) in [5, 5.41) is 9.90. The van der Waals surface area contributed by atoms with E-state index < -0.39 is 5.97 Å². The number of hydrogen-bond donors (Lipinski definition) is 1. The number of rotatable bonds is 6. The molecule has 0 atom stereocenters. The van der Waals surface area contributed by atoms with Crippen LogP contribution in [0.25, 0.3) is 0 Å². The minimum Gasteiger partial charge on any atom is -0.477 e. The molecule has 1 N–H and O–H groups in total. The molecule has 19 heavy (non-hydrogen) atoms. The topological polar surface area (TPSA) is 59.4 Å². The lowest BCUT2D eigenvalue weighted by molar-refractivity contribution is 0.0697. The van der Waals surface area contributed by atoms with Gasteiger partial charge in [-0.25, -0.2) is 9.78 Å². The predicted molar refractivity (Wildman–Crippen MR) is 75.8 cm³/mol. The summed E-state index contributed by atoms with van der Waals surface area (Å²) in [7, 11) is 1.53. The van der Waals surface area contributed by atoms with Crippen molar-refractivity contribution in [1.29, 1.82) is 0 Å². The summed E-state index contributed by atoms with van der Waals surface area (Å²) in [5.41, 5.74) is 0.503. The van der Waals surface area contributed by atoms with Crippen molar-refractivity contribution >= 4 is 29.1 Å². The second-order valence-electron chi connectivity index (χ2n) is 3.72. The molecule has 0 unspecified atom stereocenters. The van der Waals surface area contributed by atoms with E-state index in [1.807, 2.05) is 30.3 Å². The van der Waals surface area contributed by atoms with Crippen molar-refractivity contribution in [3.63, 3.8) is 0 Å². The third kappa shape index (κ3) is 3.79. The van der Waals surface area contributed by atoms with Gasteiger partial charge >= 0.3 is 5.97 Å². The number of carboxylic acid groups (broad SMARTS) is 1. The van der Waals surface area contributed by atoms with Gasteiger partial charge in [0.05, 0.1) is 18.1 Å². The summed E-state index contributed by atoms with van der Waals surface area (Å²) in [4.78, 5) is 16.8. The molecular weight excluding hydrogens is 282 g/mol. The van der Waals surface area contributed by atoms with E-state index in [0.29, 0.717) is 11.4 Å². The molecule has 4 nitrogen and oxygen atoms in total. The summed E-state index contributed by atoms with van der Waals surface area (Å²) < 4.78 is 4.97. The third-order valence-corrected chi connectivity index (χ3v) is 4.61. The molecule has 1 aromatic carbocycles. The van der Waals surface area contributed by atoms with Crippen molar-refractivity contribution in [2.75, 3.05) is 7.11 Å². The van der Waals surface area contributed by atoms with E-state index in [4.69, 9.17) is 9.84 Å². The van der Waals surface area contributed by atoms with Crippen molar-refractivity contribution < 1.29 is 14.6 Å². The van der Waals surface area contributed by atoms with Crippen molar-refractivity contribution in [2.24, 2.45) is 0 Å². The van der Waals surface area contributed by atoms with E-state index in [9.17, 15) is 4.79 Å². The molecule has 0 spiro atoms. The van der Waals surface area contributed by atoms with Crippen molar-refractivity contribution in [3.8, 4) is 0 Å². The van der Waals surface area contributed by atoms with E-state index >= 15 is 0 Å². The Labute approximate surface area is 119 Å². The molecule has 0 saturated heterocycles. The standard InChI is InChI=1S/C13H13NO3S2/c1-17-7-10-12(13(15)16)19-11(14-10)8-18-9-5-3-2-4-6-9/h2-6H,7-8H2,1H3,(H,15,16). The Morgan fingerprint density at radius 2 is 2.16 bits per heavy atom. The summed E-state index contributed by atoms with van der Waals surface area (Å²) in [6.45, 7) is 0.230. The zero-order valence-corrected chi connectivity index (χ0v) is 12.0. The number of benzene rings is 1. The average Bonchev–Trinajstić information content (AvgIpc) is 2.81. The van der Waals surface area contributed by atoms with Gasteiger partial charge in [0.2, 0.25) is 0 Å². The summed E-state index contributed by atoms with van der Waals surface area (Å²) in [6.07, 6.45) is 0. The van der Waals surface area contributed by atoms with Crippen LogP contribution in [0.1, 0.15) is 20.4 Å². The smallest absolute Gasteiger partial charge is 0.347 e. The largest absolute Gasteiger partial charge is 0.477 e. The summed E-state index contributed by atoms with van der Waals surface area (Å²) in [5.74, 6) is -0.279. The Bertz CT molecular complexity index is 554. The first-order valence-corrected chi connectivity index (χ1v) is 7.39. The monoisotopic (exact) mass is 295 g/mol. The lowest BCUT2D eigenvalue weighted by atomic mass is 10.4. The number of carbonyl (C=O) groups is 1. The highest BCUT2D eigenvalue weighted by Gasteiger charge is 2.17. The third-order valence-electron chi connectivity index (χ3n) is 2.32. The minimum atomic E-state index is -0.944. The Balaban J connectivity index is 2.08. The van der Waals surface area contributed by atoms with Gasteiger partial charge in [-0.2, -0.15) is 0 Å². The number of aromatic nitrogens is 1. The highest BCUT2D eigenvalue weighted by Crippen LogP contribution is 2.27. The Morgan fingerprint density at radius 3 is 2.79 bits per heavy atom. The van der Waals surface area contributed by atoms with Crippen molar-refractivity contribution in [3.05, 3.63) is 45.9 Å². The molecule has 2 rings (SSSR count). The number of hydrogen-bond acceptors (Lipinski definition) is 5. The first-order chi connectivity index (χ1) is 9.20. The number of thiazole rings is 1. The predicted octanol–water partition coefficient (Wildman–Crippen LogP) is 3.28. The maximum absolute atomic E-state index is 11.1. The molecule has 2 aromatic rings. The van der Waals surface area contributed by atoms with E-state index in [-0.39, 0.29) is 11.5 Å². The molecule has 0 aliphatic heterocycles. The lowest BCUT2D eigenvalue weighted by Crippen LogP contribution is -1.99. The van der Waals surface area contributed by atoms with Crippen LogP contribution in [0.15, 0.2) is 35.2 Å². The Morgan fingerprint density at radius 1 is 1.42 bits per heavy atom. The van der Waals surface area contributed by atoms with E-state index in [1.165, 1.54) is 18.4 Å². The maximum Gasteiger partial charge on any atom is 0.347 e. The first kappa shape index (κ1) is 14.0. The van der Waals surface area contributed by atoms with E-state index in [2.05, 4.69) is 4.98 Å². The van der Waals surface area contributed by atoms with Crippen LogP contribution >= 0.6 is 23.1 Å². The van der Waals surface area contributed by atoms with Gasteiger partial charge in [-0.1, -0.05) is 18.2 Å². The van der Waals surface area contributed by atoms with E-state index in [1.54, 1.807) is 11.8 Å². The fraction of sp³-hybridized carbons (Fsp3) is 0.231. The van der Waals surface area contributed by atoms with Crippen molar-refractivity contribution in [2.45, 2.75) is 17.3 Å². The number of thioether (sulfide) groups is 1. The van der Waals surface area contributed by atoms with Gasteiger partial charge < -0.3 is 9.84 Å². The van der Waals surface area contributed by atoms with Crippen LogP contribution in [0, 0.1) is 0 Å². The number of nitrogens with zero attached hydrogens (tertiary/aromatic N) is 1. The Hall–Kier alpha value is -1.37. The SMILES string of the molecule is COCc1nc(CSc2ccccc2)sc1C(=O)O. The lowest BCUT2D eigenvalue weighted by Gasteiger charge is -1.97. The quantitative estimate of drug-likeness (QED) is 0.829. The van der Waals surface area contributed by atoms with Crippen LogP contribution in [0.3, 0.4) is 0 Å². The Kier molecular flexibility index (Phi) is 4.95. The molecule has 0 saturated carbocycles. The zero-order valence-electron chi connectivity index (χ0n) is 10.3. The van der Waals surface area contributed by atoms with Crippen LogP contribution < -0.4 is 0 Å². The van der Waals surface area contributed by atoms with Crippen LogP contribution in [-0.2, 0) is 17.1 Å². The number of aromatic carboxylic acids is 1. The molecular formula is C13H13NO3S2. The number of carboxylic acids is 1. The van der Waals surface area contributed by atoms with Gasteiger partial charge in [-0.15, -0.1) is 23.1 Å². The van der Waals surface area contributed by atoms with Gasteiger partial charge in [0, 0.05) is 12.0 Å². The zero-order chi connectivity index (χ0) is 13.7. The highest BCUT2D eigenvalue weighted by molar-refractivity contribution is 7.98. The van der Waals surface area contributed by atoms with E-state index in [0.717, 1.165) is 9.90 Å². The summed E-state index contributed by atoms with van der Waals surface area (Å²) in [6, 6.07) is 9.96. The van der Waals surface area contributed by atoms with Gasteiger partial charge in [-0.3, -0.25) is 0 Å². The fourth-order valence-corrected chi connectivity index (χ4v) is 3.34. The minimum absolute atomic E-state index is 0.230. The van der Waals surface area contributed by atoms with Gasteiger partial charge in [0.25, 0.3) is 0 Å². The number of methoxy groups -OCH3 is 1. The first-order valence-electron chi connectivity index (χ1n) is 5.59. The molecule has 100 valence electrons. The van der Waals surface area contributed by atoms with Crippen LogP contribution in [0.2, 0.25) is 0 Å². The molecule has 0 amide bonds. The maximum atomic E-state index is 11.1. The average molecular weight is 295 g/mol. The van der Waals surface area contributed by atoms with Crippen molar-refractivity contribution in [1.82, 2.24) is 4.98 Å². The van der Waals surface area contributed by atoms with Crippen LogP contribution in [-0.4, -0.2) is 23.2 Å². The van der Waals surface area contributed by atoms with Gasteiger partial charge in [0.1, 0.15) is 9.88 Å². The molecule has 0 aliphatic carbocycles. The van der Waals surface area contributed by atoms with Gasteiger partial charge in [-0.05, 0) is 12.1 Å².